The van der Waals surface area contributed by atoms with Gasteiger partial charge < -0.3 is 14.3 Å². The molecular weight excluding hydrogens is 408 g/mol. The standard InChI is InChI=1S/C24H26N4O2S/c1-4-5-10-25-23(29)20-12-22(28(17(20)3)14-19-7-6-11-30-19)21-15-31-24(27-21)18-9-8-16(2)26-13-18/h6-9,11-13,15H,4-5,10,14H2,1-3H3,(H,25,29). The molecule has 0 aliphatic rings. The normalized spacial score (nSPS) is 11.1. The Kier molecular flexibility index (Phi) is 6.32. The number of aromatic nitrogens is 3. The summed E-state index contributed by atoms with van der Waals surface area (Å²) in [6.07, 6.45) is 5.51. The van der Waals surface area contributed by atoms with E-state index in [0.717, 1.165) is 51.9 Å². The van der Waals surface area contributed by atoms with E-state index in [1.807, 2.05) is 55.8 Å². The molecule has 0 aromatic carbocycles. The minimum absolute atomic E-state index is 0.0522. The van der Waals surface area contributed by atoms with Crippen LogP contribution in [0.2, 0.25) is 0 Å². The molecule has 0 saturated carbocycles. The number of amides is 1. The number of carbonyl (C=O) groups is 1. The van der Waals surface area contributed by atoms with Crippen LogP contribution >= 0.6 is 11.3 Å². The molecule has 7 heteroatoms. The highest BCUT2D eigenvalue weighted by Crippen LogP contribution is 2.32. The van der Waals surface area contributed by atoms with Gasteiger partial charge in [0.25, 0.3) is 5.91 Å². The van der Waals surface area contributed by atoms with E-state index in [2.05, 4.69) is 21.8 Å². The number of pyridine rings is 1. The van der Waals surface area contributed by atoms with Gasteiger partial charge in [-0.3, -0.25) is 9.78 Å². The second-order valence-corrected chi connectivity index (χ2v) is 8.39. The Hall–Kier alpha value is -3.19. The molecule has 0 spiro atoms. The van der Waals surface area contributed by atoms with Crippen LogP contribution in [0.5, 0.6) is 0 Å². The summed E-state index contributed by atoms with van der Waals surface area (Å²) in [4.78, 5) is 22.1. The van der Waals surface area contributed by atoms with Gasteiger partial charge in [0.05, 0.1) is 29.8 Å². The van der Waals surface area contributed by atoms with Crippen LogP contribution < -0.4 is 5.32 Å². The largest absolute Gasteiger partial charge is 0.467 e. The number of hydrogen-bond acceptors (Lipinski definition) is 5. The molecule has 4 heterocycles. The van der Waals surface area contributed by atoms with Crippen molar-refractivity contribution in [3.8, 4) is 22.0 Å². The molecule has 4 aromatic rings. The zero-order valence-corrected chi connectivity index (χ0v) is 18.8. The molecule has 0 aliphatic heterocycles. The van der Waals surface area contributed by atoms with Gasteiger partial charge in [-0.25, -0.2) is 4.98 Å². The van der Waals surface area contributed by atoms with Crippen molar-refractivity contribution in [1.82, 2.24) is 19.9 Å². The van der Waals surface area contributed by atoms with Gasteiger partial charge in [-0.05, 0) is 50.6 Å². The second kappa shape index (κ2) is 9.31. The Morgan fingerprint density at radius 2 is 2.13 bits per heavy atom. The SMILES string of the molecule is CCCCNC(=O)c1cc(-c2csc(-c3ccc(C)nc3)n2)n(Cc2ccco2)c1C. The van der Waals surface area contributed by atoms with Gasteiger partial charge in [-0.15, -0.1) is 11.3 Å². The summed E-state index contributed by atoms with van der Waals surface area (Å²) >= 11 is 1.57. The Morgan fingerprint density at radius 1 is 1.26 bits per heavy atom. The molecular formula is C24H26N4O2S. The number of hydrogen-bond donors (Lipinski definition) is 1. The van der Waals surface area contributed by atoms with Gasteiger partial charge in [0.15, 0.2) is 0 Å². The van der Waals surface area contributed by atoms with E-state index in [-0.39, 0.29) is 5.91 Å². The lowest BCUT2D eigenvalue weighted by Gasteiger charge is -2.09. The summed E-state index contributed by atoms with van der Waals surface area (Å²) in [6, 6.07) is 9.77. The molecule has 160 valence electrons. The molecule has 0 radical (unpaired) electrons. The van der Waals surface area contributed by atoms with Crippen LogP contribution in [-0.4, -0.2) is 27.0 Å². The number of carbonyl (C=O) groups excluding carboxylic acids is 1. The van der Waals surface area contributed by atoms with Crippen molar-refractivity contribution in [2.24, 2.45) is 0 Å². The van der Waals surface area contributed by atoms with E-state index in [9.17, 15) is 4.79 Å². The van der Waals surface area contributed by atoms with E-state index in [1.165, 1.54) is 0 Å². The second-order valence-electron chi connectivity index (χ2n) is 7.53. The van der Waals surface area contributed by atoms with E-state index in [1.54, 1.807) is 17.6 Å². The fraction of sp³-hybridized carbons (Fsp3) is 0.292. The maximum Gasteiger partial charge on any atom is 0.253 e. The van der Waals surface area contributed by atoms with Crippen molar-refractivity contribution < 1.29 is 9.21 Å². The van der Waals surface area contributed by atoms with Crippen molar-refractivity contribution in [3.05, 3.63) is 70.9 Å². The minimum atomic E-state index is -0.0522. The van der Waals surface area contributed by atoms with Gasteiger partial charge in [-0.2, -0.15) is 0 Å². The molecule has 31 heavy (non-hydrogen) atoms. The summed E-state index contributed by atoms with van der Waals surface area (Å²) in [5.41, 5.74) is 5.26. The lowest BCUT2D eigenvalue weighted by molar-refractivity contribution is 0.0952. The van der Waals surface area contributed by atoms with E-state index in [0.29, 0.717) is 18.7 Å². The van der Waals surface area contributed by atoms with E-state index in [4.69, 9.17) is 9.40 Å². The third-order valence-corrected chi connectivity index (χ3v) is 6.14. The van der Waals surface area contributed by atoms with Gasteiger partial charge in [0.1, 0.15) is 10.8 Å². The van der Waals surface area contributed by atoms with Gasteiger partial charge in [-0.1, -0.05) is 13.3 Å². The molecule has 1 N–H and O–H groups in total. The number of furan rings is 1. The predicted octanol–water partition coefficient (Wildman–Crippen LogP) is 5.46. The average Bonchev–Trinajstić information content (AvgIpc) is 3.51. The molecule has 4 aromatic heterocycles. The highest BCUT2D eigenvalue weighted by molar-refractivity contribution is 7.13. The number of nitrogens with one attached hydrogen (secondary N) is 1. The summed E-state index contributed by atoms with van der Waals surface area (Å²) in [7, 11) is 0. The van der Waals surface area contributed by atoms with Crippen molar-refractivity contribution in [3.63, 3.8) is 0 Å². The molecule has 0 bridgehead atoms. The van der Waals surface area contributed by atoms with Crippen LogP contribution in [0.3, 0.4) is 0 Å². The number of unbranched alkanes of at least 4 members (excludes halogenated alkanes) is 1. The predicted molar refractivity (Wildman–Crippen MR) is 123 cm³/mol. The highest BCUT2D eigenvalue weighted by Gasteiger charge is 2.21. The Balaban J connectivity index is 1.71. The first-order chi connectivity index (χ1) is 15.1. The molecule has 4 rings (SSSR count). The van der Waals surface area contributed by atoms with Crippen molar-refractivity contribution in [2.75, 3.05) is 6.54 Å². The monoisotopic (exact) mass is 434 g/mol. The maximum atomic E-state index is 12.8. The number of nitrogens with zero attached hydrogens (tertiary/aromatic N) is 3. The summed E-state index contributed by atoms with van der Waals surface area (Å²) in [5.74, 6) is 0.777. The Morgan fingerprint density at radius 3 is 2.84 bits per heavy atom. The third kappa shape index (κ3) is 4.61. The highest BCUT2D eigenvalue weighted by atomic mass is 32.1. The molecule has 0 fully saturated rings. The van der Waals surface area contributed by atoms with Crippen molar-refractivity contribution >= 4 is 17.2 Å². The molecule has 6 nitrogen and oxygen atoms in total. The first-order valence-corrected chi connectivity index (χ1v) is 11.3. The van der Waals surface area contributed by atoms with Crippen molar-refractivity contribution in [1.29, 1.82) is 0 Å². The quantitative estimate of drug-likeness (QED) is 0.374. The third-order valence-electron chi connectivity index (χ3n) is 5.25. The van der Waals surface area contributed by atoms with Crippen LogP contribution in [-0.2, 0) is 6.54 Å². The smallest absolute Gasteiger partial charge is 0.253 e. The first-order valence-electron chi connectivity index (χ1n) is 10.5. The fourth-order valence-corrected chi connectivity index (χ4v) is 4.25. The Labute approximate surface area is 186 Å². The van der Waals surface area contributed by atoms with Gasteiger partial charge >= 0.3 is 0 Å². The van der Waals surface area contributed by atoms with Gasteiger partial charge in [0, 0.05) is 35.1 Å². The molecule has 0 unspecified atom stereocenters. The average molecular weight is 435 g/mol. The number of thiazole rings is 1. The maximum absolute atomic E-state index is 12.8. The number of rotatable bonds is 8. The lowest BCUT2D eigenvalue weighted by Crippen LogP contribution is -2.24. The van der Waals surface area contributed by atoms with Crippen LogP contribution in [0.15, 0.2) is 52.6 Å². The summed E-state index contributed by atoms with van der Waals surface area (Å²) in [5, 5.41) is 5.96. The van der Waals surface area contributed by atoms with E-state index >= 15 is 0 Å². The summed E-state index contributed by atoms with van der Waals surface area (Å²) < 4.78 is 7.67. The van der Waals surface area contributed by atoms with Crippen LogP contribution in [0, 0.1) is 13.8 Å². The van der Waals surface area contributed by atoms with E-state index < -0.39 is 0 Å². The first kappa shape index (κ1) is 21.1. The van der Waals surface area contributed by atoms with Crippen LogP contribution in [0.4, 0.5) is 0 Å². The lowest BCUT2D eigenvalue weighted by atomic mass is 10.2. The Bertz CT molecular complexity index is 1160. The fourth-order valence-electron chi connectivity index (χ4n) is 3.44. The zero-order chi connectivity index (χ0) is 21.8. The van der Waals surface area contributed by atoms with Gasteiger partial charge in [0.2, 0.25) is 0 Å². The van der Waals surface area contributed by atoms with Crippen LogP contribution in [0.1, 0.15) is 47.3 Å². The minimum Gasteiger partial charge on any atom is -0.467 e. The number of aryl methyl sites for hydroxylation is 1. The molecule has 1 amide bonds. The topological polar surface area (TPSA) is 73.0 Å². The summed E-state index contributed by atoms with van der Waals surface area (Å²) in [6.45, 7) is 7.26. The molecule has 0 aliphatic carbocycles. The molecule has 0 saturated heterocycles. The van der Waals surface area contributed by atoms with Crippen molar-refractivity contribution in [2.45, 2.75) is 40.2 Å². The molecule has 0 atom stereocenters. The zero-order valence-electron chi connectivity index (χ0n) is 18.0. The van der Waals surface area contributed by atoms with Crippen LogP contribution in [0.25, 0.3) is 22.0 Å².